The number of nitrogens with zero attached hydrogens (tertiary/aromatic N) is 1. The smallest absolute Gasteiger partial charge is 0.117 e. The van der Waals surface area contributed by atoms with Crippen LogP contribution in [0.1, 0.15) is 18.9 Å². The van der Waals surface area contributed by atoms with Crippen molar-refractivity contribution in [3.8, 4) is 0 Å². The zero-order chi connectivity index (χ0) is 9.14. The summed E-state index contributed by atoms with van der Waals surface area (Å²) in [6.07, 6.45) is 3.60. The van der Waals surface area contributed by atoms with E-state index >= 15 is 0 Å². The lowest BCUT2D eigenvalue weighted by Gasteiger charge is -2.02. The van der Waals surface area contributed by atoms with E-state index in [-0.39, 0.29) is 6.04 Å². The average molecular weight is 203 g/mol. The Labute approximate surface area is 81.1 Å². The van der Waals surface area contributed by atoms with Crippen molar-refractivity contribution in [2.75, 3.05) is 0 Å². The first-order chi connectivity index (χ1) is 5.59. The molecule has 0 aliphatic carbocycles. The zero-order valence-electron chi connectivity index (χ0n) is 7.04. The van der Waals surface area contributed by atoms with E-state index in [1.807, 2.05) is 19.9 Å². The average Bonchev–Trinajstić information content (AvgIpc) is 2.35. The zero-order valence-corrected chi connectivity index (χ0v) is 8.62. The molecule has 2 nitrogen and oxygen atoms in total. The molecule has 0 saturated carbocycles. The van der Waals surface area contributed by atoms with Gasteiger partial charge in [-0.2, -0.15) is 0 Å². The monoisotopic (exact) mass is 202 g/mol. The Morgan fingerprint density at radius 3 is 2.92 bits per heavy atom. The first kappa shape index (κ1) is 9.71. The molecule has 12 heavy (non-hydrogen) atoms. The van der Waals surface area contributed by atoms with Crippen LogP contribution in [0.25, 0.3) is 6.08 Å². The lowest BCUT2D eigenvalue weighted by atomic mass is 10.1. The van der Waals surface area contributed by atoms with Crippen molar-refractivity contribution in [3.05, 3.63) is 21.1 Å². The van der Waals surface area contributed by atoms with Gasteiger partial charge in [0.15, 0.2) is 0 Å². The van der Waals surface area contributed by atoms with Crippen LogP contribution in [0.4, 0.5) is 0 Å². The van der Waals surface area contributed by atoms with Gasteiger partial charge < -0.3 is 5.73 Å². The highest BCUT2D eigenvalue weighted by Crippen LogP contribution is 2.20. The number of aromatic nitrogens is 1. The molecule has 0 spiro atoms. The van der Waals surface area contributed by atoms with E-state index in [2.05, 4.69) is 4.98 Å². The van der Waals surface area contributed by atoms with Crippen LogP contribution < -0.4 is 5.73 Å². The largest absolute Gasteiger partial charge is 0.324 e. The van der Waals surface area contributed by atoms with E-state index in [1.165, 1.54) is 11.3 Å². The third-order valence-electron chi connectivity index (χ3n) is 1.56. The molecular formula is C8H11ClN2S. The molecule has 0 aliphatic rings. The van der Waals surface area contributed by atoms with Crippen molar-refractivity contribution in [2.24, 2.45) is 5.73 Å². The molecule has 1 unspecified atom stereocenters. The van der Waals surface area contributed by atoms with E-state index in [4.69, 9.17) is 17.3 Å². The normalized spacial score (nSPS) is 14.8. The second-order valence-corrected chi connectivity index (χ2v) is 4.37. The number of thiazole rings is 1. The fourth-order valence-electron chi connectivity index (χ4n) is 0.660. The van der Waals surface area contributed by atoms with Crippen molar-refractivity contribution in [1.29, 1.82) is 0 Å². The highest BCUT2D eigenvalue weighted by molar-refractivity contribution is 7.16. The van der Waals surface area contributed by atoms with Crippen LogP contribution in [0, 0.1) is 0 Å². The summed E-state index contributed by atoms with van der Waals surface area (Å²) in [7, 11) is 0. The molecule has 4 heteroatoms. The predicted molar refractivity (Wildman–Crippen MR) is 54.4 cm³/mol. The van der Waals surface area contributed by atoms with Crippen LogP contribution in [0.5, 0.6) is 0 Å². The Balaban J connectivity index is 2.80. The third kappa shape index (κ3) is 2.59. The van der Waals surface area contributed by atoms with E-state index in [9.17, 15) is 0 Å². The van der Waals surface area contributed by atoms with Gasteiger partial charge in [-0.15, -0.1) is 11.3 Å². The molecule has 2 N–H and O–H groups in total. The van der Waals surface area contributed by atoms with Crippen molar-refractivity contribution < 1.29 is 0 Å². The Hall–Kier alpha value is -0.380. The molecule has 0 amide bonds. The van der Waals surface area contributed by atoms with Gasteiger partial charge >= 0.3 is 0 Å². The minimum atomic E-state index is 0.0766. The van der Waals surface area contributed by atoms with Gasteiger partial charge in [-0.25, -0.2) is 4.98 Å². The van der Waals surface area contributed by atoms with Gasteiger partial charge in [0.25, 0.3) is 0 Å². The van der Waals surface area contributed by atoms with Crippen LogP contribution in [0.2, 0.25) is 4.34 Å². The number of nitrogens with two attached hydrogens (primary N) is 1. The third-order valence-corrected chi connectivity index (χ3v) is 2.63. The summed E-state index contributed by atoms with van der Waals surface area (Å²) in [6.45, 7) is 3.93. The maximum Gasteiger partial charge on any atom is 0.117 e. The summed E-state index contributed by atoms with van der Waals surface area (Å²) in [5.41, 5.74) is 6.78. The Morgan fingerprint density at radius 2 is 2.50 bits per heavy atom. The topological polar surface area (TPSA) is 38.9 Å². The number of hydrogen-bond donors (Lipinski definition) is 1. The second-order valence-electron chi connectivity index (χ2n) is 2.68. The van der Waals surface area contributed by atoms with Crippen molar-refractivity contribution >= 4 is 29.0 Å². The lowest BCUT2D eigenvalue weighted by molar-refractivity contribution is 0.868. The molecule has 1 heterocycles. The van der Waals surface area contributed by atoms with Gasteiger partial charge in [0.2, 0.25) is 0 Å². The number of rotatable bonds is 2. The predicted octanol–water partition coefficient (Wildman–Crippen LogP) is 2.55. The van der Waals surface area contributed by atoms with E-state index in [0.717, 1.165) is 10.6 Å². The van der Waals surface area contributed by atoms with Crippen LogP contribution in [0.15, 0.2) is 11.8 Å². The van der Waals surface area contributed by atoms with Gasteiger partial charge in [-0.3, -0.25) is 0 Å². The molecule has 0 bridgehead atoms. The van der Waals surface area contributed by atoms with Crippen molar-refractivity contribution in [3.63, 3.8) is 0 Å². The van der Waals surface area contributed by atoms with E-state index in [0.29, 0.717) is 4.34 Å². The molecule has 0 radical (unpaired) electrons. The van der Waals surface area contributed by atoms with Gasteiger partial charge in [0.1, 0.15) is 9.34 Å². The van der Waals surface area contributed by atoms with Gasteiger partial charge in [-0.1, -0.05) is 17.2 Å². The summed E-state index contributed by atoms with van der Waals surface area (Å²) in [5.74, 6) is 0. The van der Waals surface area contributed by atoms with Crippen molar-refractivity contribution in [1.82, 2.24) is 4.98 Å². The minimum absolute atomic E-state index is 0.0766. The number of halogens is 1. The van der Waals surface area contributed by atoms with E-state index in [1.54, 1.807) is 6.20 Å². The van der Waals surface area contributed by atoms with Crippen molar-refractivity contribution in [2.45, 2.75) is 19.9 Å². The van der Waals surface area contributed by atoms with Crippen LogP contribution in [-0.2, 0) is 0 Å². The molecule has 0 aliphatic heterocycles. The second kappa shape index (κ2) is 4.03. The fourth-order valence-corrected chi connectivity index (χ4v) is 1.60. The van der Waals surface area contributed by atoms with Crippen LogP contribution >= 0.6 is 22.9 Å². The lowest BCUT2D eigenvalue weighted by Crippen LogP contribution is -2.15. The van der Waals surface area contributed by atoms with Gasteiger partial charge in [-0.05, 0) is 19.9 Å². The summed E-state index contributed by atoms with van der Waals surface area (Å²) >= 11 is 7.17. The summed E-state index contributed by atoms with van der Waals surface area (Å²) < 4.78 is 0.707. The summed E-state index contributed by atoms with van der Waals surface area (Å²) in [4.78, 5) is 4.09. The molecule has 0 aromatic carbocycles. The Kier molecular flexibility index (Phi) is 3.26. The first-order valence-electron chi connectivity index (χ1n) is 3.64. The quantitative estimate of drug-likeness (QED) is 0.801. The van der Waals surface area contributed by atoms with Gasteiger partial charge in [0.05, 0.1) is 6.20 Å². The van der Waals surface area contributed by atoms with Crippen LogP contribution in [-0.4, -0.2) is 11.0 Å². The number of hydrogen-bond acceptors (Lipinski definition) is 3. The molecule has 1 aromatic heterocycles. The fraction of sp³-hybridized carbons (Fsp3) is 0.375. The molecule has 66 valence electrons. The minimum Gasteiger partial charge on any atom is -0.324 e. The molecule has 0 saturated heterocycles. The van der Waals surface area contributed by atoms with Crippen LogP contribution in [0.3, 0.4) is 0 Å². The summed E-state index contributed by atoms with van der Waals surface area (Å²) in [6, 6.07) is 0.0766. The molecule has 1 atom stereocenters. The maximum atomic E-state index is 5.72. The maximum absolute atomic E-state index is 5.72. The standard InChI is InChI=1S/C8H11ClN2S/c1-5(6(2)10)3-8-11-4-7(9)12-8/h3-4,6H,10H2,1-2H3/b5-3+. The molecule has 1 rings (SSSR count). The molecular weight excluding hydrogens is 192 g/mol. The van der Waals surface area contributed by atoms with E-state index < -0.39 is 0 Å². The SMILES string of the molecule is C/C(=C\c1ncc(Cl)s1)C(C)N. The highest BCUT2D eigenvalue weighted by Gasteiger charge is 1.99. The first-order valence-corrected chi connectivity index (χ1v) is 4.84. The summed E-state index contributed by atoms with van der Waals surface area (Å²) in [5, 5.41) is 0.912. The molecule has 1 aromatic rings. The Bertz CT molecular complexity index is 291. The molecule has 0 fully saturated rings. The highest BCUT2D eigenvalue weighted by atomic mass is 35.5. The van der Waals surface area contributed by atoms with Gasteiger partial charge in [0, 0.05) is 6.04 Å². The Morgan fingerprint density at radius 1 is 1.83 bits per heavy atom.